The third kappa shape index (κ3) is 4.26. The lowest BCUT2D eigenvalue weighted by molar-refractivity contribution is 1.14. The first-order chi connectivity index (χ1) is 23.3. The average Bonchev–Trinajstić information content (AvgIpc) is 3.84. The molecule has 7 aromatic carbocycles. The summed E-state index contributed by atoms with van der Waals surface area (Å²) in [6.45, 7) is 0. The number of para-hydroxylation sites is 1. The predicted octanol–water partition coefficient (Wildman–Crippen LogP) is 12.7. The van der Waals surface area contributed by atoms with E-state index in [0.717, 1.165) is 0 Å². The molecule has 0 spiro atoms. The van der Waals surface area contributed by atoms with Gasteiger partial charge in [0, 0.05) is 41.5 Å². The molecule has 0 saturated carbocycles. The summed E-state index contributed by atoms with van der Waals surface area (Å²) in [5, 5.41) is 9.32. The maximum absolute atomic E-state index is 3.89. The molecule has 3 heterocycles. The molecular weight excluding hydrogens is 609 g/mol. The summed E-state index contributed by atoms with van der Waals surface area (Å²) in [5.41, 5.74) is 11.1. The Balaban J connectivity index is 1.03. The van der Waals surface area contributed by atoms with Gasteiger partial charge in [-0.2, -0.15) is 0 Å². The normalized spacial score (nSPS) is 14.3. The van der Waals surface area contributed by atoms with Gasteiger partial charge < -0.3 is 9.88 Å². The van der Waals surface area contributed by atoms with Crippen LogP contribution in [0.15, 0.2) is 163 Å². The molecule has 0 aliphatic carbocycles. The first-order valence-electron chi connectivity index (χ1n) is 16.0. The number of thioether (sulfide) groups is 1. The van der Waals surface area contributed by atoms with Crippen LogP contribution in [0.3, 0.4) is 0 Å². The largest absolute Gasteiger partial charge is 0.368 e. The van der Waals surface area contributed by atoms with Gasteiger partial charge >= 0.3 is 0 Å². The lowest BCUT2D eigenvalue weighted by Gasteiger charge is -2.13. The summed E-state index contributed by atoms with van der Waals surface area (Å²) < 4.78 is 5.09. The Kier molecular flexibility index (Phi) is 6.08. The predicted molar refractivity (Wildman–Crippen MR) is 203 cm³/mol. The number of anilines is 1. The zero-order valence-electron chi connectivity index (χ0n) is 25.4. The molecule has 0 bridgehead atoms. The van der Waals surface area contributed by atoms with Crippen LogP contribution in [0.2, 0.25) is 0 Å². The Morgan fingerprint density at radius 3 is 2.04 bits per heavy atom. The van der Waals surface area contributed by atoms with E-state index in [1.807, 2.05) is 23.1 Å². The fourth-order valence-electron chi connectivity index (χ4n) is 7.29. The molecule has 2 aromatic heterocycles. The van der Waals surface area contributed by atoms with Gasteiger partial charge in [0.2, 0.25) is 0 Å². The second-order valence-electron chi connectivity index (χ2n) is 12.1. The van der Waals surface area contributed by atoms with E-state index >= 15 is 0 Å². The molecule has 0 amide bonds. The van der Waals surface area contributed by atoms with Crippen molar-refractivity contribution >= 4 is 70.8 Å². The minimum Gasteiger partial charge on any atom is -0.368 e. The van der Waals surface area contributed by atoms with Crippen molar-refractivity contribution in [2.75, 3.05) is 5.32 Å². The van der Waals surface area contributed by atoms with Crippen LogP contribution in [0.5, 0.6) is 0 Å². The maximum atomic E-state index is 3.89. The van der Waals surface area contributed by atoms with Crippen molar-refractivity contribution in [3.63, 3.8) is 0 Å². The number of hydrogen-bond acceptors (Lipinski definition) is 3. The molecule has 0 saturated heterocycles. The van der Waals surface area contributed by atoms with Crippen molar-refractivity contribution in [3.8, 4) is 27.9 Å². The van der Waals surface area contributed by atoms with E-state index in [-0.39, 0.29) is 5.37 Å². The van der Waals surface area contributed by atoms with Gasteiger partial charge in [0.05, 0.1) is 16.7 Å². The number of rotatable bonds is 4. The van der Waals surface area contributed by atoms with Gasteiger partial charge in [-0.25, -0.2) is 0 Å². The fourth-order valence-corrected chi connectivity index (χ4v) is 9.55. The summed E-state index contributed by atoms with van der Waals surface area (Å²) >= 11 is 3.79. The lowest BCUT2D eigenvalue weighted by Crippen LogP contribution is -2.01. The van der Waals surface area contributed by atoms with E-state index in [9.17, 15) is 0 Å². The van der Waals surface area contributed by atoms with Crippen LogP contribution in [0.4, 0.5) is 5.69 Å². The number of hydrogen-bond donors (Lipinski definition) is 1. The molecule has 1 aliphatic heterocycles. The molecule has 10 rings (SSSR count). The minimum atomic E-state index is 0.180. The number of fused-ring (bicyclic) bond motifs is 8. The summed E-state index contributed by atoms with van der Waals surface area (Å²) in [7, 11) is 0. The average molecular weight is 637 g/mol. The molecular formula is C43H28N2S2. The maximum Gasteiger partial charge on any atom is 0.103 e. The summed E-state index contributed by atoms with van der Waals surface area (Å²) in [4.78, 5) is 1.32. The first kappa shape index (κ1) is 26.9. The minimum absolute atomic E-state index is 0.180. The topological polar surface area (TPSA) is 17.0 Å². The van der Waals surface area contributed by atoms with E-state index in [1.54, 1.807) is 0 Å². The van der Waals surface area contributed by atoms with E-state index in [4.69, 9.17) is 0 Å². The Bertz CT molecular complexity index is 2610. The van der Waals surface area contributed by atoms with Crippen LogP contribution in [-0.2, 0) is 0 Å². The quantitative estimate of drug-likeness (QED) is 0.207. The molecule has 1 unspecified atom stereocenters. The van der Waals surface area contributed by atoms with Crippen molar-refractivity contribution in [2.45, 2.75) is 10.3 Å². The first-order valence-corrected chi connectivity index (χ1v) is 17.7. The van der Waals surface area contributed by atoms with Crippen molar-refractivity contribution in [3.05, 3.63) is 163 Å². The Labute approximate surface area is 280 Å². The molecule has 1 atom stereocenters. The summed E-state index contributed by atoms with van der Waals surface area (Å²) in [6, 6.07) is 57.5. The number of thiophene rings is 1. The van der Waals surface area contributed by atoms with Crippen LogP contribution in [0.25, 0.3) is 69.9 Å². The highest BCUT2D eigenvalue weighted by molar-refractivity contribution is 8.00. The monoisotopic (exact) mass is 636 g/mol. The zero-order chi connectivity index (χ0) is 30.9. The second kappa shape index (κ2) is 10.6. The number of nitrogens with one attached hydrogen (secondary N) is 1. The highest BCUT2D eigenvalue weighted by Crippen LogP contribution is 2.52. The molecule has 1 N–H and O–H groups in total. The lowest BCUT2D eigenvalue weighted by atomic mass is 9.98. The van der Waals surface area contributed by atoms with Crippen LogP contribution in [0, 0.1) is 0 Å². The number of aromatic nitrogens is 1. The smallest absolute Gasteiger partial charge is 0.103 e. The van der Waals surface area contributed by atoms with E-state index in [1.165, 1.54) is 86.1 Å². The fraction of sp³-hybridized carbons (Fsp3) is 0.0233. The van der Waals surface area contributed by atoms with Crippen LogP contribution in [0.1, 0.15) is 10.9 Å². The van der Waals surface area contributed by atoms with Gasteiger partial charge in [0.15, 0.2) is 0 Å². The van der Waals surface area contributed by atoms with E-state index < -0.39 is 0 Å². The van der Waals surface area contributed by atoms with Crippen molar-refractivity contribution in [1.29, 1.82) is 0 Å². The van der Waals surface area contributed by atoms with Crippen molar-refractivity contribution < 1.29 is 0 Å². The van der Waals surface area contributed by atoms with Crippen LogP contribution < -0.4 is 5.32 Å². The SMILES string of the molecule is c1ccc(-c2ccc(-n3c4ccccc4c4c(-c5ccc(C6Nc7c(ccc8sc9ccccc9c78)S6)cc5)cccc43)cc2)cc1. The van der Waals surface area contributed by atoms with Crippen LogP contribution in [-0.4, -0.2) is 4.57 Å². The van der Waals surface area contributed by atoms with E-state index in [2.05, 4.69) is 168 Å². The standard InChI is InChI=1S/C43H28N2S2/c1-2-9-27(10-3-1)28-21-23-31(24-22-28)45-35-14-6-4-11-33(35)40-32(13-8-15-36(40)45)29-17-19-30(20-18-29)43-44-42-39(47-43)26-25-38-41(42)34-12-5-7-16-37(34)46-38/h1-26,43-44H. The molecule has 2 nitrogen and oxygen atoms in total. The Hall–Kier alpha value is -5.29. The van der Waals surface area contributed by atoms with Crippen LogP contribution >= 0.6 is 23.1 Å². The number of benzene rings is 7. The molecule has 47 heavy (non-hydrogen) atoms. The van der Waals surface area contributed by atoms with Gasteiger partial charge in [-0.05, 0) is 70.3 Å². The van der Waals surface area contributed by atoms with E-state index in [0.29, 0.717) is 0 Å². The second-order valence-corrected chi connectivity index (χ2v) is 14.4. The molecule has 4 heteroatoms. The van der Waals surface area contributed by atoms with Gasteiger partial charge in [0.25, 0.3) is 0 Å². The Morgan fingerprint density at radius 2 is 1.19 bits per heavy atom. The summed E-state index contributed by atoms with van der Waals surface area (Å²) in [6.07, 6.45) is 0. The van der Waals surface area contributed by atoms with Crippen molar-refractivity contribution in [2.24, 2.45) is 0 Å². The number of nitrogens with zero attached hydrogens (tertiary/aromatic N) is 1. The molecule has 0 fully saturated rings. The van der Waals surface area contributed by atoms with Gasteiger partial charge in [-0.1, -0.05) is 127 Å². The molecule has 222 valence electrons. The third-order valence-electron chi connectivity index (χ3n) is 9.48. The van der Waals surface area contributed by atoms with Gasteiger partial charge in [0.1, 0.15) is 5.37 Å². The van der Waals surface area contributed by atoms with Gasteiger partial charge in [-0.3, -0.25) is 0 Å². The zero-order valence-corrected chi connectivity index (χ0v) is 27.0. The highest BCUT2D eigenvalue weighted by atomic mass is 32.2. The molecule has 9 aromatic rings. The molecule has 0 radical (unpaired) electrons. The third-order valence-corrected chi connectivity index (χ3v) is 11.8. The van der Waals surface area contributed by atoms with Crippen molar-refractivity contribution in [1.82, 2.24) is 4.57 Å². The summed E-state index contributed by atoms with van der Waals surface area (Å²) in [5.74, 6) is 0. The molecule has 1 aliphatic rings. The highest BCUT2D eigenvalue weighted by Gasteiger charge is 2.26. The Morgan fingerprint density at radius 1 is 0.489 bits per heavy atom. The van der Waals surface area contributed by atoms with Gasteiger partial charge in [-0.15, -0.1) is 11.3 Å².